The summed E-state index contributed by atoms with van der Waals surface area (Å²) < 4.78 is 24.3. The van der Waals surface area contributed by atoms with E-state index in [1.807, 2.05) is 19.2 Å². The Morgan fingerprint density at radius 1 is 1.10 bits per heavy atom. The highest BCUT2D eigenvalue weighted by Crippen LogP contribution is 2.17. The van der Waals surface area contributed by atoms with E-state index < -0.39 is 9.84 Å². The minimum Gasteiger partial charge on any atom is -0.312 e. The first-order valence-corrected chi connectivity index (χ1v) is 9.31. The number of hydrogen-bond acceptors (Lipinski definition) is 3. The van der Waals surface area contributed by atoms with Crippen molar-refractivity contribution in [3.05, 3.63) is 35.4 Å². The van der Waals surface area contributed by atoms with Crippen molar-refractivity contribution in [3.63, 3.8) is 0 Å². The maximum Gasteiger partial charge on any atom is 0.152 e. The first-order chi connectivity index (χ1) is 9.52. The van der Waals surface area contributed by atoms with Crippen LogP contribution in [0.4, 0.5) is 0 Å². The zero-order valence-electron chi connectivity index (χ0n) is 12.9. The molecule has 114 valence electrons. The van der Waals surface area contributed by atoms with E-state index in [-0.39, 0.29) is 11.8 Å². The van der Waals surface area contributed by atoms with Crippen LogP contribution in [0.2, 0.25) is 0 Å². The maximum absolute atomic E-state index is 12.1. The molecule has 1 unspecified atom stereocenters. The van der Waals surface area contributed by atoms with E-state index in [4.69, 9.17) is 0 Å². The largest absolute Gasteiger partial charge is 0.312 e. The summed E-state index contributed by atoms with van der Waals surface area (Å²) in [5, 5.41) is 3.12. The molecule has 1 rings (SSSR count). The van der Waals surface area contributed by atoms with E-state index in [1.54, 1.807) is 0 Å². The van der Waals surface area contributed by atoms with Crippen LogP contribution in [0.25, 0.3) is 0 Å². The summed E-state index contributed by atoms with van der Waals surface area (Å²) in [6.45, 7) is 4.20. The summed E-state index contributed by atoms with van der Waals surface area (Å²) in [5.41, 5.74) is 2.32. The smallest absolute Gasteiger partial charge is 0.152 e. The van der Waals surface area contributed by atoms with Gasteiger partial charge in [-0.2, -0.15) is 0 Å². The lowest BCUT2D eigenvalue weighted by atomic mass is 10.1. The van der Waals surface area contributed by atoms with Gasteiger partial charge in [0.1, 0.15) is 0 Å². The lowest BCUT2D eigenvalue weighted by molar-refractivity contribution is 0.570. The predicted molar refractivity (Wildman–Crippen MR) is 85.8 cm³/mol. The lowest BCUT2D eigenvalue weighted by Crippen LogP contribution is -2.26. The molecule has 1 atom stereocenters. The van der Waals surface area contributed by atoms with Crippen LogP contribution >= 0.6 is 0 Å². The van der Waals surface area contributed by atoms with E-state index in [0.717, 1.165) is 31.2 Å². The summed E-state index contributed by atoms with van der Waals surface area (Å²) >= 11 is 0. The highest BCUT2D eigenvalue weighted by molar-refractivity contribution is 7.91. The second-order valence-electron chi connectivity index (χ2n) is 5.26. The first kappa shape index (κ1) is 17.2. The predicted octanol–water partition coefficient (Wildman–Crippen LogP) is 3.11. The summed E-state index contributed by atoms with van der Waals surface area (Å²) in [5.74, 6) is 0.477. The number of hydrogen-bond donors (Lipinski definition) is 1. The Bertz CT molecular complexity index is 480. The molecule has 20 heavy (non-hydrogen) atoms. The van der Waals surface area contributed by atoms with Crippen molar-refractivity contribution in [2.24, 2.45) is 0 Å². The highest BCUT2D eigenvalue weighted by Gasteiger charge is 2.19. The second-order valence-corrected chi connectivity index (χ2v) is 7.49. The van der Waals surface area contributed by atoms with E-state index in [1.165, 1.54) is 5.56 Å². The molecule has 0 saturated heterocycles. The van der Waals surface area contributed by atoms with Crippen LogP contribution in [0.5, 0.6) is 0 Å². The summed E-state index contributed by atoms with van der Waals surface area (Å²) in [6, 6.07) is 8.09. The van der Waals surface area contributed by atoms with Gasteiger partial charge in [-0.3, -0.25) is 0 Å². The van der Waals surface area contributed by atoms with Gasteiger partial charge in [-0.1, -0.05) is 51.0 Å². The van der Waals surface area contributed by atoms with Gasteiger partial charge in [0.15, 0.2) is 9.84 Å². The first-order valence-electron chi connectivity index (χ1n) is 7.49. The van der Waals surface area contributed by atoms with Crippen LogP contribution in [0, 0.1) is 0 Å². The van der Waals surface area contributed by atoms with Crippen LogP contribution in [0.15, 0.2) is 24.3 Å². The zero-order chi connectivity index (χ0) is 15.0. The molecule has 0 spiro atoms. The number of sulfone groups is 1. The molecule has 0 saturated carbocycles. The number of unbranched alkanes of at least 4 members (excludes halogenated alkanes) is 2. The van der Waals surface area contributed by atoms with E-state index in [2.05, 4.69) is 31.3 Å². The molecule has 0 heterocycles. The van der Waals surface area contributed by atoms with Gasteiger partial charge < -0.3 is 5.32 Å². The van der Waals surface area contributed by atoms with Crippen molar-refractivity contribution in [1.29, 1.82) is 0 Å². The van der Waals surface area contributed by atoms with Gasteiger partial charge in [0, 0.05) is 6.04 Å². The number of aryl methyl sites for hydroxylation is 1. The molecule has 0 fully saturated rings. The fraction of sp³-hybridized carbons (Fsp3) is 0.625. The Kier molecular flexibility index (Phi) is 7.24. The highest BCUT2D eigenvalue weighted by atomic mass is 32.2. The van der Waals surface area contributed by atoms with E-state index >= 15 is 0 Å². The molecule has 0 bridgehead atoms. The van der Waals surface area contributed by atoms with Crippen LogP contribution in [-0.4, -0.2) is 27.0 Å². The van der Waals surface area contributed by atoms with Crippen molar-refractivity contribution in [2.45, 2.75) is 45.6 Å². The second kappa shape index (κ2) is 8.42. The van der Waals surface area contributed by atoms with Gasteiger partial charge in [-0.15, -0.1) is 0 Å². The standard InChI is InChI=1S/C16H27NO2S/c1-4-6-7-12-20(18,19)13-16(17-3)15-10-8-14(5-2)9-11-15/h8-11,16-17H,4-7,12-13H2,1-3H3. The van der Waals surface area contributed by atoms with Crippen LogP contribution in [0.1, 0.15) is 50.3 Å². The van der Waals surface area contributed by atoms with Crippen LogP contribution in [0.3, 0.4) is 0 Å². The number of rotatable bonds is 9. The summed E-state index contributed by atoms with van der Waals surface area (Å²) in [4.78, 5) is 0. The third-order valence-electron chi connectivity index (χ3n) is 3.62. The van der Waals surface area contributed by atoms with Crippen molar-refractivity contribution in [3.8, 4) is 0 Å². The normalized spacial score (nSPS) is 13.3. The molecule has 0 amide bonds. The molecule has 0 aliphatic carbocycles. The molecule has 0 aliphatic rings. The topological polar surface area (TPSA) is 46.2 Å². The van der Waals surface area contributed by atoms with Gasteiger partial charge in [-0.25, -0.2) is 8.42 Å². The molecule has 4 heteroatoms. The minimum atomic E-state index is -2.99. The van der Waals surface area contributed by atoms with Crippen molar-refractivity contribution in [1.82, 2.24) is 5.32 Å². The number of benzene rings is 1. The SMILES string of the molecule is CCCCCS(=O)(=O)CC(NC)c1ccc(CC)cc1. The molecule has 0 radical (unpaired) electrons. The van der Waals surface area contributed by atoms with Gasteiger partial charge in [-0.05, 0) is 31.0 Å². The molecule has 1 aromatic rings. The van der Waals surface area contributed by atoms with Gasteiger partial charge in [0.25, 0.3) is 0 Å². The van der Waals surface area contributed by atoms with Crippen LogP contribution in [-0.2, 0) is 16.3 Å². The Morgan fingerprint density at radius 3 is 2.25 bits per heavy atom. The summed E-state index contributed by atoms with van der Waals surface area (Å²) in [7, 11) is -1.17. The van der Waals surface area contributed by atoms with Crippen LogP contribution < -0.4 is 5.32 Å². The molecule has 0 aliphatic heterocycles. The Balaban J connectivity index is 2.70. The average molecular weight is 297 g/mol. The molecule has 0 aromatic heterocycles. The van der Waals surface area contributed by atoms with E-state index in [0.29, 0.717) is 5.75 Å². The Morgan fingerprint density at radius 2 is 1.75 bits per heavy atom. The average Bonchev–Trinajstić information content (AvgIpc) is 2.45. The fourth-order valence-electron chi connectivity index (χ4n) is 2.24. The maximum atomic E-state index is 12.1. The molecule has 3 nitrogen and oxygen atoms in total. The molecular formula is C16H27NO2S. The van der Waals surface area contributed by atoms with Gasteiger partial charge >= 0.3 is 0 Å². The van der Waals surface area contributed by atoms with Gasteiger partial charge in [0.2, 0.25) is 0 Å². The van der Waals surface area contributed by atoms with Crippen molar-refractivity contribution < 1.29 is 8.42 Å². The quantitative estimate of drug-likeness (QED) is 0.712. The third-order valence-corrected chi connectivity index (χ3v) is 5.37. The van der Waals surface area contributed by atoms with Gasteiger partial charge in [0.05, 0.1) is 11.5 Å². The Hall–Kier alpha value is -0.870. The Labute approximate surface area is 123 Å². The monoisotopic (exact) mass is 297 g/mol. The van der Waals surface area contributed by atoms with Crippen molar-refractivity contribution >= 4 is 9.84 Å². The van der Waals surface area contributed by atoms with E-state index in [9.17, 15) is 8.42 Å². The minimum absolute atomic E-state index is 0.118. The molecule has 1 N–H and O–H groups in total. The lowest BCUT2D eigenvalue weighted by Gasteiger charge is -2.17. The molecular weight excluding hydrogens is 270 g/mol. The van der Waals surface area contributed by atoms with Crippen molar-refractivity contribution in [2.75, 3.05) is 18.6 Å². The zero-order valence-corrected chi connectivity index (χ0v) is 13.7. The fourth-order valence-corrected chi connectivity index (χ4v) is 3.92. The molecule has 1 aromatic carbocycles. The number of nitrogens with one attached hydrogen (secondary N) is 1. The summed E-state index contributed by atoms with van der Waals surface area (Å²) in [6.07, 6.45) is 3.79. The third kappa shape index (κ3) is 5.63.